The molecule has 2 N–H and O–H groups in total. The highest BCUT2D eigenvalue weighted by Crippen LogP contribution is 2.25. The van der Waals surface area contributed by atoms with Crippen molar-refractivity contribution >= 4 is 17.3 Å². The van der Waals surface area contributed by atoms with Crippen LogP contribution in [0.2, 0.25) is 0 Å². The monoisotopic (exact) mass is 408 g/mol. The molecule has 0 bridgehead atoms. The fraction of sp³-hybridized carbons (Fsp3) is 0.450. The first-order chi connectivity index (χ1) is 13.6. The van der Waals surface area contributed by atoms with Gasteiger partial charge >= 0.3 is 6.61 Å². The molecule has 1 aliphatic heterocycles. The Kier molecular flexibility index (Phi) is 7.22. The van der Waals surface area contributed by atoms with Gasteiger partial charge in [-0.3, -0.25) is 9.89 Å². The molecule has 1 aromatic carbocycles. The van der Waals surface area contributed by atoms with Gasteiger partial charge in [0.05, 0.1) is 0 Å². The van der Waals surface area contributed by atoms with Crippen molar-refractivity contribution < 1.29 is 13.5 Å². The number of rotatable bonds is 7. The van der Waals surface area contributed by atoms with Crippen molar-refractivity contribution in [2.45, 2.75) is 39.1 Å². The molecule has 8 heteroatoms. The molecule has 0 fully saturated rings. The molecule has 152 valence electrons. The van der Waals surface area contributed by atoms with E-state index in [-0.39, 0.29) is 5.75 Å². The lowest BCUT2D eigenvalue weighted by Gasteiger charge is -2.32. The second-order valence-corrected chi connectivity index (χ2v) is 7.73. The molecule has 3 rings (SSSR count). The third-order valence-corrected chi connectivity index (χ3v) is 5.91. The molecule has 0 amide bonds. The van der Waals surface area contributed by atoms with E-state index in [1.165, 1.54) is 16.5 Å². The van der Waals surface area contributed by atoms with E-state index in [1.54, 1.807) is 25.2 Å². The van der Waals surface area contributed by atoms with Crippen molar-refractivity contribution in [2.75, 3.05) is 20.1 Å². The summed E-state index contributed by atoms with van der Waals surface area (Å²) in [6, 6.07) is 9.33. The van der Waals surface area contributed by atoms with Crippen LogP contribution in [0.5, 0.6) is 5.75 Å². The Balaban J connectivity index is 1.49. The minimum Gasteiger partial charge on any atom is -0.434 e. The lowest BCUT2D eigenvalue weighted by molar-refractivity contribution is -0.0504. The van der Waals surface area contributed by atoms with Crippen molar-refractivity contribution in [1.29, 1.82) is 0 Å². The molecule has 0 saturated heterocycles. The van der Waals surface area contributed by atoms with E-state index in [4.69, 9.17) is 0 Å². The second kappa shape index (κ2) is 9.84. The maximum absolute atomic E-state index is 12.5. The summed E-state index contributed by atoms with van der Waals surface area (Å²) < 4.78 is 29.7. The number of aliphatic imine (C=N–C) groups is 1. The van der Waals surface area contributed by atoms with Gasteiger partial charge in [-0.05, 0) is 36.4 Å². The van der Waals surface area contributed by atoms with E-state index in [1.807, 2.05) is 11.3 Å². The number of guanidine groups is 1. The van der Waals surface area contributed by atoms with Crippen molar-refractivity contribution in [3.05, 3.63) is 51.7 Å². The molecule has 0 spiro atoms. The Morgan fingerprint density at radius 2 is 2.11 bits per heavy atom. The Morgan fingerprint density at radius 3 is 2.89 bits per heavy atom. The molecule has 1 atom stereocenters. The largest absolute Gasteiger partial charge is 0.434 e. The standard InChI is InChI=1S/C20H26F2N4OS/c1-14(26-9-7-18-16(13-26)8-10-28-18)11-24-20(23-2)25-12-15-5-3-4-6-17(15)27-19(21)22/h3-6,8,10,14,19H,7,9,11-13H2,1-2H3,(H2,23,24,25). The zero-order chi connectivity index (χ0) is 19.9. The average molecular weight is 409 g/mol. The van der Waals surface area contributed by atoms with Gasteiger partial charge in [0.25, 0.3) is 0 Å². The van der Waals surface area contributed by atoms with Gasteiger partial charge in [-0.25, -0.2) is 0 Å². The van der Waals surface area contributed by atoms with E-state index in [9.17, 15) is 8.78 Å². The van der Waals surface area contributed by atoms with Crippen molar-refractivity contribution in [2.24, 2.45) is 4.99 Å². The number of halogens is 2. The third-order valence-electron chi connectivity index (χ3n) is 4.88. The number of alkyl halides is 2. The molecule has 1 unspecified atom stereocenters. The minimum atomic E-state index is -2.84. The van der Waals surface area contributed by atoms with E-state index in [2.05, 4.69) is 43.6 Å². The van der Waals surface area contributed by atoms with Gasteiger partial charge in [0.1, 0.15) is 5.75 Å². The summed E-state index contributed by atoms with van der Waals surface area (Å²) in [4.78, 5) is 8.19. The summed E-state index contributed by atoms with van der Waals surface area (Å²) in [5, 5.41) is 8.66. The number of ether oxygens (including phenoxy) is 1. The Bertz CT molecular complexity index is 796. The molecule has 2 aromatic rings. The van der Waals surface area contributed by atoms with Crippen LogP contribution in [0.25, 0.3) is 0 Å². The fourth-order valence-electron chi connectivity index (χ4n) is 3.28. The van der Waals surface area contributed by atoms with Gasteiger partial charge < -0.3 is 15.4 Å². The summed E-state index contributed by atoms with van der Waals surface area (Å²) >= 11 is 1.84. The second-order valence-electron chi connectivity index (χ2n) is 6.73. The van der Waals surface area contributed by atoms with Gasteiger partial charge in [-0.15, -0.1) is 11.3 Å². The van der Waals surface area contributed by atoms with Gasteiger partial charge in [-0.2, -0.15) is 8.78 Å². The lowest BCUT2D eigenvalue weighted by Crippen LogP contribution is -2.47. The molecule has 5 nitrogen and oxygen atoms in total. The normalized spacial score (nSPS) is 16.0. The predicted octanol–water partition coefficient (Wildman–Crippen LogP) is 3.46. The van der Waals surface area contributed by atoms with Crippen LogP contribution in [0.15, 0.2) is 40.7 Å². The maximum Gasteiger partial charge on any atom is 0.387 e. The third kappa shape index (κ3) is 5.42. The molecule has 0 aliphatic carbocycles. The molecule has 0 saturated carbocycles. The first kappa shape index (κ1) is 20.5. The number of fused-ring (bicyclic) bond motifs is 1. The SMILES string of the molecule is CN=C(NCc1ccccc1OC(F)F)NCC(C)N1CCc2sccc2C1. The quantitative estimate of drug-likeness (QED) is 0.544. The lowest BCUT2D eigenvalue weighted by atomic mass is 10.1. The summed E-state index contributed by atoms with van der Waals surface area (Å²) in [7, 11) is 1.69. The first-order valence-corrected chi connectivity index (χ1v) is 10.2. The van der Waals surface area contributed by atoms with Gasteiger partial charge in [0, 0.05) is 49.7 Å². The maximum atomic E-state index is 12.5. The summed E-state index contributed by atoms with van der Waals surface area (Å²) in [6.45, 7) is 2.48. The highest BCUT2D eigenvalue weighted by molar-refractivity contribution is 7.10. The summed E-state index contributed by atoms with van der Waals surface area (Å²) in [5.41, 5.74) is 2.08. The van der Waals surface area contributed by atoms with E-state index >= 15 is 0 Å². The number of benzene rings is 1. The van der Waals surface area contributed by atoms with Crippen molar-refractivity contribution in [3.8, 4) is 5.75 Å². The van der Waals surface area contributed by atoms with Gasteiger partial charge in [0.2, 0.25) is 0 Å². The molecular weight excluding hydrogens is 382 g/mol. The number of nitrogens with one attached hydrogen (secondary N) is 2. The van der Waals surface area contributed by atoms with Gasteiger partial charge in [-0.1, -0.05) is 18.2 Å². The number of para-hydroxylation sites is 1. The molecule has 0 radical (unpaired) electrons. The highest BCUT2D eigenvalue weighted by atomic mass is 32.1. The van der Waals surface area contributed by atoms with E-state index in [0.29, 0.717) is 24.1 Å². The van der Waals surface area contributed by atoms with E-state index in [0.717, 1.165) is 26.1 Å². The van der Waals surface area contributed by atoms with Crippen LogP contribution in [0.1, 0.15) is 22.9 Å². The Hall–Kier alpha value is -2.19. The molecule has 2 heterocycles. The zero-order valence-electron chi connectivity index (χ0n) is 16.1. The Labute approximate surface area is 168 Å². The molecule has 28 heavy (non-hydrogen) atoms. The van der Waals surface area contributed by atoms with Gasteiger partial charge in [0.15, 0.2) is 5.96 Å². The smallest absolute Gasteiger partial charge is 0.387 e. The number of hydrogen-bond acceptors (Lipinski definition) is 4. The predicted molar refractivity (Wildman–Crippen MR) is 109 cm³/mol. The molecule has 1 aliphatic rings. The van der Waals surface area contributed by atoms with Crippen LogP contribution in [-0.2, 0) is 19.5 Å². The summed E-state index contributed by atoms with van der Waals surface area (Å²) in [6.07, 6.45) is 1.10. The molecular formula is C20H26F2N4OS. The van der Waals surface area contributed by atoms with Crippen LogP contribution in [0.4, 0.5) is 8.78 Å². The van der Waals surface area contributed by atoms with Crippen molar-refractivity contribution in [1.82, 2.24) is 15.5 Å². The summed E-state index contributed by atoms with van der Waals surface area (Å²) in [5.74, 6) is 0.806. The zero-order valence-corrected chi connectivity index (χ0v) is 16.9. The van der Waals surface area contributed by atoms with Crippen LogP contribution in [0.3, 0.4) is 0 Å². The van der Waals surface area contributed by atoms with Crippen LogP contribution in [0, 0.1) is 0 Å². The number of hydrogen-bond donors (Lipinski definition) is 2. The van der Waals surface area contributed by atoms with Crippen LogP contribution in [-0.4, -0.2) is 43.6 Å². The highest BCUT2D eigenvalue weighted by Gasteiger charge is 2.21. The fourth-order valence-corrected chi connectivity index (χ4v) is 4.17. The van der Waals surface area contributed by atoms with Crippen LogP contribution < -0.4 is 15.4 Å². The molecule has 1 aromatic heterocycles. The number of nitrogens with zero attached hydrogens (tertiary/aromatic N) is 2. The number of thiophene rings is 1. The Morgan fingerprint density at radius 1 is 1.29 bits per heavy atom. The van der Waals surface area contributed by atoms with Crippen molar-refractivity contribution in [3.63, 3.8) is 0 Å². The van der Waals surface area contributed by atoms with Crippen LogP contribution >= 0.6 is 11.3 Å². The average Bonchev–Trinajstić information content (AvgIpc) is 3.16. The first-order valence-electron chi connectivity index (χ1n) is 9.33. The van der Waals surface area contributed by atoms with E-state index < -0.39 is 6.61 Å². The minimum absolute atomic E-state index is 0.175. The topological polar surface area (TPSA) is 48.9 Å².